The van der Waals surface area contributed by atoms with E-state index in [1.807, 2.05) is 6.07 Å². The summed E-state index contributed by atoms with van der Waals surface area (Å²) in [7, 11) is -3.39. The Morgan fingerprint density at radius 3 is 1.84 bits per heavy atom. The molecule has 4 aromatic heterocycles. The van der Waals surface area contributed by atoms with Gasteiger partial charge in [-0.15, -0.1) is 29.3 Å². The van der Waals surface area contributed by atoms with Crippen LogP contribution in [-0.2, 0) is 63.8 Å². The van der Waals surface area contributed by atoms with E-state index in [2.05, 4.69) is 42.9 Å². The largest absolute Gasteiger partial charge is 0.748 e. The number of carbonyl (C=O) groups is 7. The minimum absolute atomic E-state index is 0. The van der Waals surface area contributed by atoms with Gasteiger partial charge in [0.2, 0.25) is 11.8 Å². The molecule has 22 nitrogen and oxygen atoms in total. The van der Waals surface area contributed by atoms with Crippen LogP contribution in [0.2, 0.25) is 0 Å². The summed E-state index contributed by atoms with van der Waals surface area (Å²) in [5.74, 6) is -10.5. The predicted molar refractivity (Wildman–Crippen MR) is 264 cm³/mol. The van der Waals surface area contributed by atoms with Gasteiger partial charge in [-0.1, -0.05) is 31.0 Å². The molecule has 2 N–H and O–H groups in total. The van der Waals surface area contributed by atoms with E-state index in [4.69, 9.17) is 14.7 Å². The Hall–Kier alpha value is -8.54. The van der Waals surface area contributed by atoms with Gasteiger partial charge in [0.15, 0.2) is 0 Å². The normalized spacial score (nSPS) is 12.3. The Morgan fingerprint density at radius 2 is 1.33 bits per heavy atom. The van der Waals surface area contributed by atoms with Crippen molar-refractivity contribution in [1.29, 1.82) is 0 Å². The third-order valence-corrected chi connectivity index (χ3v) is 11.7. The molecule has 1 saturated heterocycles. The monoisotopic (exact) mass is 1350 g/mol. The zero-order valence-corrected chi connectivity index (χ0v) is 45.7. The number of nitrogens with one attached hydrogen (secondary N) is 2. The minimum Gasteiger partial charge on any atom is -0.748 e. The van der Waals surface area contributed by atoms with Gasteiger partial charge in [-0.25, -0.2) is 13.2 Å². The van der Waals surface area contributed by atoms with Gasteiger partial charge in [-0.2, -0.15) is 35.5 Å². The Balaban J connectivity index is 0.000000338. The van der Waals surface area contributed by atoms with Crippen molar-refractivity contribution in [3.05, 3.63) is 145 Å². The number of imide groups is 1. The molecule has 1 fully saturated rings. The van der Waals surface area contributed by atoms with Crippen molar-refractivity contribution >= 4 is 73.4 Å². The van der Waals surface area contributed by atoms with E-state index in [1.165, 1.54) is 46.0 Å². The summed E-state index contributed by atoms with van der Waals surface area (Å²) in [6, 6.07) is 18.7. The van der Waals surface area contributed by atoms with Crippen molar-refractivity contribution in [1.82, 2.24) is 50.1 Å². The molecule has 7 aromatic rings. The van der Waals surface area contributed by atoms with Crippen LogP contribution in [0.5, 0.6) is 0 Å². The van der Waals surface area contributed by atoms with E-state index in [9.17, 15) is 72.5 Å². The number of carboxylic acid groups (broad SMARTS) is 1. The smallest absolute Gasteiger partial charge is 0.430 e. The summed E-state index contributed by atoms with van der Waals surface area (Å²) in [6.07, 6.45) is 6.41. The number of alkyl halides is 3. The van der Waals surface area contributed by atoms with Gasteiger partial charge in [-0.05, 0) is 48.5 Å². The van der Waals surface area contributed by atoms with Crippen LogP contribution in [0.15, 0.2) is 104 Å². The number of benzene rings is 3. The molecule has 5 amide bonds. The summed E-state index contributed by atoms with van der Waals surface area (Å²) in [5, 5.41) is 22.9. The molecule has 1 aliphatic heterocycles. The first kappa shape index (κ1) is 66.0. The van der Waals surface area contributed by atoms with Crippen molar-refractivity contribution in [2.75, 3.05) is 25.9 Å². The molecule has 8 rings (SSSR count). The van der Waals surface area contributed by atoms with Crippen LogP contribution in [-0.4, -0.2) is 132 Å². The molecule has 0 spiro atoms. The zero-order valence-electron chi connectivity index (χ0n) is 42.5. The number of nitrogens with zero attached hydrogens (tertiary/aromatic N) is 8. The molecule has 82 heavy (non-hydrogen) atoms. The topological polar surface area (TPSA) is 301 Å². The first-order chi connectivity index (χ1) is 38.3. The number of carbonyl (C=O) groups excluding carboxylic acids is 7. The molecule has 1 atom stereocenters. The number of unbranched alkanes of at least 4 members (excludes halogenated alkanes) is 3. The van der Waals surface area contributed by atoms with Crippen molar-refractivity contribution in [2.45, 2.75) is 63.6 Å². The van der Waals surface area contributed by atoms with Crippen LogP contribution < -0.4 is 15.7 Å². The van der Waals surface area contributed by atoms with Crippen molar-refractivity contribution in [3.8, 4) is 11.4 Å². The number of aromatic nitrogens is 6. The molecule has 3 aromatic carbocycles. The third kappa shape index (κ3) is 20.2. The second-order valence-electron chi connectivity index (χ2n) is 16.9. The maximum absolute atomic E-state index is 13.2. The maximum Gasteiger partial charge on any atom is 0.430 e. The number of rotatable bonds is 18. The fraction of sp³-hybridized carbons (Fsp3) is 0.275. The number of hydroxylamine groups is 2. The third-order valence-electron chi connectivity index (χ3n) is 11.0. The standard InChI is InChI=1S/C31H36N6O10S.2C9H5F2N2.C2HF3O2.Ir/c1-36(24(38)8-4-2-3-5-9-27(41)47-37-25(39)12-13-26(37)40)18-17-34-31(43)23(19-48(44,45)46)35-30(42)22-14-16-33-29-21(22)11-10-20-7-6-15-32-28(20)29;2*10-7-2-3-9(8(11)6-7)13-5-1-4-12-13;3-2(4,5)1(6)7;/h6-7,10-11,14-16,23H,2-5,8-9,12-13,17-19H2,1H3,(H,34,43)(H,35,42)(H,44,45,46);2*1-2,4-6H;(H,6,7);/q;2*-1;;/p-2. The Morgan fingerprint density at radius 1 is 0.780 bits per heavy atom. The number of hydrogen-bond donors (Lipinski definition) is 2. The van der Waals surface area contributed by atoms with Crippen molar-refractivity contribution in [2.24, 2.45) is 0 Å². The van der Waals surface area contributed by atoms with E-state index in [-0.39, 0.29) is 81.7 Å². The Kier molecular flexibility index (Phi) is 24.8. The summed E-state index contributed by atoms with van der Waals surface area (Å²) >= 11 is 0. The van der Waals surface area contributed by atoms with Crippen LogP contribution in [0.3, 0.4) is 0 Å². The average molecular weight is 1350 g/mol. The number of fused-ring (bicyclic) bond motifs is 3. The predicted octanol–water partition coefficient (Wildman–Crippen LogP) is 4.15. The minimum atomic E-state index is -5.19. The van der Waals surface area contributed by atoms with Gasteiger partial charge in [0.05, 0.1) is 32.5 Å². The van der Waals surface area contributed by atoms with Crippen LogP contribution >= 0.6 is 0 Å². The second kappa shape index (κ2) is 30.9. The quantitative estimate of drug-likeness (QED) is 0.0305. The van der Waals surface area contributed by atoms with E-state index >= 15 is 0 Å². The molecular formula is C51H45F7IrN10O12S-4. The number of likely N-dealkylation sites (N-methyl/N-ethyl adjacent to an activating group) is 1. The van der Waals surface area contributed by atoms with E-state index in [0.717, 1.165) is 29.7 Å². The first-order valence-corrected chi connectivity index (χ1v) is 25.4. The number of carboxylic acids is 1. The van der Waals surface area contributed by atoms with Gasteiger partial charge in [0.1, 0.15) is 12.0 Å². The molecule has 31 heteroatoms. The molecule has 0 bridgehead atoms. The summed E-state index contributed by atoms with van der Waals surface area (Å²) in [4.78, 5) is 97.1. The number of hydrogen-bond acceptors (Lipinski definition) is 16. The zero-order chi connectivity index (χ0) is 59.4. The van der Waals surface area contributed by atoms with Gasteiger partial charge in [0.25, 0.3) is 17.7 Å². The fourth-order valence-electron chi connectivity index (χ4n) is 7.09. The second-order valence-corrected chi connectivity index (χ2v) is 18.4. The maximum atomic E-state index is 13.2. The van der Waals surface area contributed by atoms with E-state index in [0.29, 0.717) is 47.2 Å². The van der Waals surface area contributed by atoms with E-state index < -0.39 is 86.9 Å². The van der Waals surface area contributed by atoms with E-state index in [1.54, 1.807) is 48.9 Å². The molecule has 0 aliphatic carbocycles. The molecule has 1 unspecified atom stereocenters. The number of aliphatic carboxylic acids is 1. The molecule has 439 valence electrons. The van der Waals surface area contributed by atoms with Crippen LogP contribution in [0.4, 0.5) is 30.7 Å². The molecular weight excluding hydrogens is 1300 g/mol. The molecule has 0 saturated carbocycles. The van der Waals surface area contributed by atoms with Crippen LogP contribution in [0, 0.1) is 35.4 Å². The van der Waals surface area contributed by atoms with Gasteiger partial charge < -0.3 is 34.8 Å². The van der Waals surface area contributed by atoms with Crippen LogP contribution in [0.25, 0.3) is 33.2 Å². The van der Waals surface area contributed by atoms with Gasteiger partial charge >= 0.3 is 12.1 Å². The van der Waals surface area contributed by atoms with Crippen molar-refractivity contribution in [3.63, 3.8) is 0 Å². The Bertz CT molecular complexity index is 3380. The molecule has 5 heterocycles. The number of pyridine rings is 2. The molecule has 1 radical (unpaired) electrons. The van der Waals surface area contributed by atoms with Crippen molar-refractivity contribution < 1.29 is 107 Å². The fourth-order valence-corrected chi connectivity index (χ4v) is 7.74. The summed E-state index contributed by atoms with van der Waals surface area (Å²) in [5.41, 5.74) is 1.32. The molecule has 1 aliphatic rings. The first-order valence-electron chi connectivity index (χ1n) is 23.8. The average Bonchev–Trinajstić information content (AvgIpc) is 4.36. The van der Waals surface area contributed by atoms with Gasteiger partial charge in [-0.3, -0.25) is 60.9 Å². The summed E-state index contributed by atoms with van der Waals surface area (Å²) in [6.45, 7) is -0.00343. The van der Waals surface area contributed by atoms with Gasteiger partial charge in [0, 0.05) is 137 Å². The number of halogens is 7. The number of amides is 5. The SMILES string of the molecule is CN(CCNC(=O)C(CS(=O)(=O)[O-])NC(=O)c1ccnc2c1ccc1cccnc12)C(=O)CCCCCCC(=O)ON1C(=O)CCC1=O.Fc1c[c-]c(-n2cccn2)c(F)c1.Fc1c[c-]c(-n2cccn2)c(F)c1.O=C([O-])C(F)(F)F.[Ir]. The summed E-state index contributed by atoms with van der Waals surface area (Å²) < 4.78 is 120. The Labute approximate surface area is 474 Å². The van der Waals surface area contributed by atoms with Crippen LogP contribution in [0.1, 0.15) is 61.7 Å².